The number of nitrogens with two attached hydrogens (primary N) is 2. The van der Waals surface area contributed by atoms with Crippen molar-refractivity contribution in [3.63, 3.8) is 0 Å². The van der Waals surface area contributed by atoms with Crippen LogP contribution in [-0.2, 0) is 0 Å². The largest absolute Gasteiger partial charge is 0.384 e. The first-order valence-corrected chi connectivity index (χ1v) is 4.88. The molecule has 4 nitrogen and oxygen atoms in total. The van der Waals surface area contributed by atoms with Gasteiger partial charge in [0.05, 0.1) is 0 Å². The number of hydrogen-bond acceptors (Lipinski definition) is 4. The van der Waals surface area contributed by atoms with Crippen LogP contribution in [-0.4, -0.2) is 4.68 Å². The molecule has 2 aromatic heterocycles. The van der Waals surface area contributed by atoms with Gasteiger partial charge in [-0.3, -0.25) is 4.79 Å². The molecule has 0 fully saturated rings. The van der Waals surface area contributed by atoms with Crippen LogP contribution in [0.1, 0.15) is 0 Å². The zero-order valence-corrected chi connectivity index (χ0v) is 8.12. The molecular formula is C9H9N3OS. The monoisotopic (exact) mass is 207 g/mol. The van der Waals surface area contributed by atoms with Crippen molar-refractivity contribution in [2.45, 2.75) is 0 Å². The first kappa shape index (κ1) is 8.83. The van der Waals surface area contributed by atoms with Gasteiger partial charge in [-0.2, -0.15) is 0 Å². The van der Waals surface area contributed by atoms with Crippen molar-refractivity contribution in [3.8, 4) is 10.4 Å². The van der Waals surface area contributed by atoms with Crippen LogP contribution in [0.3, 0.4) is 0 Å². The van der Waals surface area contributed by atoms with E-state index >= 15 is 0 Å². The maximum absolute atomic E-state index is 11.3. The molecule has 2 aromatic rings. The second-order valence-electron chi connectivity index (χ2n) is 2.85. The van der Waals surface area contributed by atoms with E-state index in [4.69, 9.17) is 11.6 Å². The molecule has 0 atom stereocenters. The van der Waals surface area contributed by atoms with Crippen LogP contribution in [0.5, 0.6) is 0 Å². The second kappa shape index (κ2) is 3.19. The number of pyridine rings is 1. The highest BCUT2D eigenvalue weighted by Gasteiger charge is 2.03. The molecule has 0 bridgehead atoms. The molecule has 0 radical (unpaired) electrons. The quantitative estimate of drug-likeness (QED) is 0.681. The van der Waals surface area contributed by atoms with E-state index in [9.17, 15) is 4.79 Å². The van der Waals surface area contributed by atoms with Crippen LogP contribution in [0.2, 0.25) is 0 Å². The van der Waals surface area contributed by atoms with Crippen LogP contribution in [0.25, 0.3) is 10.4 Å². The molecule has 2 rings (SSSR count). The van der Waals surface area contributed by atoms with Crippen LogP contribution in [0.15, 0.2) is 34.4 Å². The zero-order valence-electron chi connectivity index (χ0n) is 7.31. The Balaban J connectivity index is 2.63. The standard InChI is InChI=1S/C9H9N3OS/c10-8-4-6(5-9(13)12(8)11)7-2-1-3-14-7/h1-5H,10-11H2. The molecule has 0 spiro atoms. The maximum atomic E-state index is 11.3. The topological polar surface area (TPSA) is 74.0 Å². The summed E-state index contributed by atoms with van der Waals surface area (Å²) in [6.45, 7) is 0. The van der Waals surface area contributed by atoms with Gasteiger partial charge in [-0.05, 0) is 17.5 Å². The van der Waals surface area contributed by atoms with Crippen LogP contribution < -0.4 is 17.1 Å². The lowest BCUT2D eigenvalue weighted by Gasteiger charge is -2.04. The summed E-state index contributed by atoms with van der Waals surface area (Å²) in [5.74, 6) is 5.65. The Morgan fingerprint density at radius 1 is 1.36 bits per heavy atom. The molecule has 4 N–H and O–H groups in total. The Bertz CT molecular complexity index is 501. The molecule has 0 aromatic carbocycles. The Labute approximate surface area is 84.4 Å². The number of aromatic nitrogens is 1. The fourth-order valence-corrected chi connectivity index (χ4v) is 1.90. The fourth-order valence-electron chi connectivity index (χ4n) is 1.19. The van der Waals surface area contributed by atoms with Gasteiger partial charge in [0.25, 0.3) is 5.56 Å². The molecule has 5 heteroatoms. The third kappa shape index (κ3) is 1.38. The van der Waals surface area contributed by atoms with E-state index in [2.05, 4.69) is 0 Å². The van der Waals surface area contributed by atoms with Crippen molar-refractivity contribution in [1.82, 2.24) is 4.68 Å². The highest BCUT2D eigenvalue weighted by Crippen LogP contribution is 2.24. The molecule has 0 saturated heterocycles. The summed E-state index contributed by atoms with van der Waals surface area (Å²) in [6.07, 6.45) is 0. The summed E-state index contributed by atoms with van der Waals surface area (Å²) >= 11 is 1.55. The van der Waals surface area contributed by atoms with E-state index in [1.807, 2.05) is 17.5 Å². The lowest BCUT2D eigenvalue weighted by Crippen LogP contribution is -2.28. The second-order valence-corrected chi connectivity index (χ2v) is 3.80. The van der Waals surface area contributed by atoms with Gasteiger partial charge in [-0.25, -0.2) is 4.68 Å². The molecule has 0 aliphatic rings. The van der Waals surface area contributed by atoms with Gasteiger partial charge in [0, 0.05) is 16.5 Å². The van der Waals surface area contributed by atoms with E-state index < -0.39 is 0 Å². The summed E-state index contributed by atoms with van der Waals surface area (Å²) in [5.41, 5.74) is 6.08. The smallest absolute Gasteiger partial charge is 0.271 e. The van der Waals surface area contributed by atoms with Crippen molar-refractivity contribution in [3.05, 3.63) is 40.0 Å². The van der Waals surface area contributed by atoms with E-state index in [-0.39, 0.29) is 11.4 Å². The molecule has 0 unspecified atom stereocenters. The highest BCUT2D eigenvalue weighted by molar-refractivity contribution is 7.13. The van der Waals surface area contributed by atoms with Crippen molar-refractivity contribution >= 4 is 17.2 Å². The number of nitrogen functional groups attached to an aromatic ring is 2. The van der Waals surface area contributed by atoms with Gasteiger partial charge in [-0.15, -0.1) is 11.3 Å². The number of nitrogens with zero attached hydrogens (tertiary/aromatic N) is 1. The highest BCUT2D eigenvalue weighted by atomic mass is 32.1. The fraction of sp³-hybridized carbons (Fsp3) is 0. The van der Waals surface area contributed by atoms with Crippen molar-refractivity contribution in [2.75, 3.05) is 11.6 Å². The summed E-state index contributed by atoms with van der Waals surface area (Å²) in [4.78, 5) is 12.3. The average molecular weight is 207 g/mol. The van der Waals surface area contributed by atoms with Crippen molar-refractivity contribution < 1.29 is 0 Å². The third-order valence-electron chi connectivity index (χ3n) is 1.90. The van der Waals surface area contributed by atoms with E-state index in [0.29, 0.717) is 0 Å². The zero-order chi connectivity index (χ0) is 10.1. The van der Waals surface area contributed by atoms with E-state index in [1.54, 1.807) is 17.4 Å². The van der Waals surface area contributed by atoms with Crippen LogP contribution in [0.4, 0.5) is 5.82 Å². The molecule has 14 heavy (non-hydrogen) atoms. The predicted octanol–water partition coefficient (Wildman–Crippen LogP) is 0.873. The number of rotatable bonds is 1. The minimum Gasteiger partial charge on any atom is -0.384 e. The van der Waals surface area contributed by atoms with Crippen LogP contribution in [0, 0.1) is 0 Å². The Morgan fingerprint density at radius 2 is 2.14 bits per heavy atom. The number of hydrogen-bond donors (Lipinski definition) is 2. The summed E-state index contributed by atoms with van der Waals surface area (Å²) in [5, 5.41) is 1.94. The molecule has 0 aliphatic carbocycles. The first-order chi connectivity index (χ1) is 6.68. The predicted molar refractivity (Wildman–Crippen MR) is 58.6 cm³/mol. The lowest BCUT2D eigenvalue weighted by atomic mass is 10.2. The Hall–Kier alpha value is -1.75. The van der Waals surface area contributed by atoms with Gasteiger partial charge in [-0.1, -0.05) is 6.07 Å². The summed E-state index contributed by atoms with van der Waals surface area (Å²) in [6, 6.07) is 7.01. The van der Waals surface area contributed by atoms with Gasteiger partial charge in [0.2, 0.25) is 0 Å². The van der Waals surface area contributed by atoms with Gasteiger partial charge in [0.1, 0.15) is 5.82 Å². The molecule has 2 heterocycles. The van der Waals surface area contributed by atoms with Gasteiger partial charge < -0.3 is 11.6 Å². The molecule has 72 valence electrons. The van der Waals surface area contributed by atoms with Gasteiger partial charge >= 0.3 is 0 Å². The number of thiophene rings is 1. The van der Waals surface area contributed by atoms with Crippen LogP contribution >= 0.6 is 11.3 Å². The lowest BCUT2D eigenvalue weighted by molar-refractivity contribution is 0.954. The first-order valence-electron chi connectivity index (χ1n) is 4.00. The third-order valence-corrected chi connectivity index (χ3v) is 2.82. The maximum Gasteiger partial charge on any atom is 0.271 e. The average Bonchev–Trinajstić information content (AvgIpc) is 2.66. The normalized spacial score (nSPS) is 10.3. The Morgan fingerprint density at radius 3 is 2.71 bits per heavy atom. The van der Waals surface area contributed by atoms with E-state index in [0.717, 1.165) is 15.1 Å². The minimum atomic E-state index is -0.298. The SMILES string of the molecule is Nc1cc(-c2cccs2)cc(=O)n1N. The molecule has 0 saturated carbocycles. The number of anilines is 1. The van der Waals surface area contributed by atoms with Crippen molar-refractivity contribution in [1.29, 1.82) is 0 Å². The minimum absolute atomic E-state index is 0.265. The summed E-state index contributed by atoms with van der Waals surface area (Å²) < 4.78 is 0.928. The molecule has 0 aliphatic heterocycles. The molecular weight excluding hydrogens is 198 g/mol. The molecule has 0 amide bonds. The van der Waals surface area contributed by atoms with Gasteiger partial charge in [0.15, 0.2) is 0 Å². The van der Waals surface area contributed by atoms with Crippen molar-refractivity contribution in [2.24, 2.45) is 0 Å². The Kier molecular flexibility index (Phi) is 2.01. The van der Waals surface area contributed by atoms with E-state index in [1.165, 1.54) is 6.07 Å². The summed E-state index contributed by atoms with van der Waals surface area (Å²) in [7, 11) is 0.